The number of rotatable bonds is 6. The number of nitrogens with two attached hydrogens (primary N) is 1. The minimum Gasteiger partial charge on any atom is -0.465 e. The summed E-state index contributed by atoms with van der Waals surface area (Å²) in [5.41, 5.74) is 6.96. The van der Waals surface area contributed by atoms with Crippen LogP contribution in [0.2, 0.25) is 0 Å². The second-order valence-corrected chi connectivity index (χ2v) is 8.88. The SMILES string of the molecule is CC(C)(C)CC(P=O)C(C)(C)C.CCOCOc1ccccc1N. The van der Waals surface area contributed by atoms with E-state index in [2.05, 4.69) is 41.5 Å². The summed E-state index contributed by atoms with van der Waals surface area (Å²) in [6.45, 7) is 15.8. The third-order valence-electron chi connectivity index (χ3n) is 3.35. The van der Waals surface area contributed by atoms with Gasteiger partial charge >= 0.3 is 0 Å². The second kappa shape index (κ2) is 10.7. The van der Waals surface area contributed by atoms with Crippen LogP contribution in [0, 0.1) is 10.8 Å². The van der Waals surface area contributed by atoms with Crippen molar-refractivity contribution in [1.82, 2.24) is 0 Å². The summed E-state index contributed by atoms with van der Waals surface area (Å²) >= 11 is 0. The number of anilines is 1. The van der Waals surface area contributed by atoms with Crippen molar-refractivity contribution in [2.24, 2.45) is 10.8 Å². The Kier molecular flexibility index (Phi) is 10.2. The zero-order chi connectivity index (χ0) is 18.8. The highest BCUT2D eigenvalue weighted by molar-refractivity contribution is 7.24. The fourth-order valence-corrected chi connectivity index (χ4v) is 2.82. The molecule has 5 heteroatoms. The molecule has 1 unspecified atom stereocenters. The minimum absolute atomic E-state index is 0.149. The molecule has 0 spiro atoms. The Hall–Kier alpha value is -1.12. The van der Waals surface area contributed by atoms with Gasteiger partial charge in [0.1, 0.15) is 5.75 Å². The molecule has 4 nitrogen and oxygen atoms in total. The molecule has 138 valence electrons. The highest BCUT2D eigenvalue weighted by Crippen LogP contribution is 2.37. The second-order valence-electron chi connectivity index (χ2n) is 8.04. The minimum atomic E-state index is 0.149. The molecule has 0 heterocycles. The van der Waals surface area contributed by atoms with E-state index in [1.165, 1.54) is 0 Å². The first-order valence-corrected chi connectivity index (χ1v) is 9.27. The highest BCUT2D eigenvalue weighted by Gasteiger charge is 2.29. The molecule has 0 aliphatic rings. The number of ether oxygens (including phenoxy) is 2. The maximum Gasteiger partial charge on any atom is 0.189 e. The Labute approximate surface area is 149 Å². The summed E-state index contributed by atoms with van der Waals surface area (Å²) in [5, 5.41) is 0. The predicted molar refractivity (Wildman–Crippen MR) is 103 cm³/mol. The smallest absolute Gasteiger partial charge is 0.189 e. The van der Waals surface area contributed by atoms with Gasteiger partial charge in [-0.3, -0.25) is 4.57 Å². The lowest BCUT2D eigenvalue weighted by molar-refractivity contribution is 0.0229. The molecule has 0 aromatic heterocycles. The van der Waals surface area contributed by atoms with Crippen molar-refractivity contribution in [3.05, 3.63) is 24.3 Å². The topological polar surface area (TPSA) is 61.5 Å². The number of nitrogen functional groups attached to an aromatic ring is 1. The van der Waals surface area contributed by atoms with Gasteiger partial charge in [-0.15, -0.1) is 0 Å². The lowest BCUT2D eigenvalue weighted by Crippen LogP contribution is -2.25. The molecular formula is C19H34NO3P. The van der Waals surface area contributed by atoms with E-state index >= 15 is 0 Å². The van der Waals surface area contributed by atoms with Gasteiger partial charge in [-0.2, -0.15) is 0 Å². The van der Waals surface area contributed by atoms with E-state index in [9.17, 15) is 4.57 Å². The van der Waals surface area contributed by atoms with Gasteiger partial charge in [0.05, 0.1) is 5.69 Å². The van der Waals surface area contributed by atoms with Crippen molar-refractivity contribution in [2.45, 2.75) is 60.5 Å². The fraction of sp³-hybridized carbons (Fsp3) is 0.684. The van der Waals surface area contributed by atoms with E-state index in [1.807, 2.05) is 25.1 Å². The van der Waals surface area contributed by atoms with Gasteiger partial charge < -0.3 is 15.2 Å². The van der Waals surface area contributed by atoms with Crippen molar-refractivity contribution in [2.75, 3.05) is 19.1 Å². The van der Waals surface area contributed by atoms with E-state index in [4.69, 9.17) is 15.2 Å². The number of benzene rings is 1. The van der Waals surface area contributed by atoms with Gasteiger partial charge in [0.25, 0.3) is 0 Å². The van der Waals surface area contributed by atoms with Gasteiger partial charge in [-0.05, 0) is 36.3 Å². The van der Waals surface area contributed by atoms with Crippen LogP contribution >= 0.6 is 8.46 Å². The molecule has 0 fully saturated rings. The van der Waals surface area contributed by atoms with E-state index in [0.717, 1.165) is 6.42 Å². The maximum absolute atomic E-state index is 10.9. The zero-order valence-corrected chi connectivity index (χ0v) is 17.2. The van der Waals surface area contributed by atoms with Crippen LogP contribution in [0.25, 0.3) is 0 Å². The molecule has 1 aromatic rings. The van der Waals surface area contributed by atoms with Gasteiger partial charge in [0.2, 0.25) is 0 Å². The molecule has 0 aliphatic heterocycles. The van der Waals surface area contributed by atoms with Crippen molar-refractivity contribution in [3.63, 3.8) is 0 Å². The summed E-state index contributed by atoms with van der Waals surface area (Å²) < 4.78 is 21.2. The summed E-state index contributed by atoms with van der Waals surface area (Å²) in [6.07, 6.45) is 1.02. The summed E-state index contributed by atoms with van der Waals surface area (Å²) in [5.74, 6) is 0.672. The van der Waals surface area contributed by atoms with E-state index in [0.29, 0.717) is 18.0 Å². The molecule has 1 rings (SSSR count). The van der Waals surface area contributed by atoms with Crippen LogP contribution in [0.4, 0.5) is 5.69 Å². The molecule has 24 heavy (non-hydrogen) atoms. The van der Waals surface area contributed by atoms with Gasteiger partial charge in [-0.25, -0.2) is 0 Å². The lowest BCUT2D eigenvalue weighted by Gasteiger charge is -2.30. The Morgan fingerprint density at radius 3 is 2.08 bits per heavy atom. The van der Waals surface area contributed by atoms with Crippen LogP contribution in [0.1, 0.15) is 54.9 Å². The van der Waals surface area contributed by atoms with Crippen molar-refractivity contribution in [1.29, 1.82) is 0 Å². The van der Waals surface area contributed by atoms with Gasteiger partial charge in [0.15, 0.2) is 15.3 Å². The molecule has 2 N–H and O–H groups in total. The van der Waals surface area contributed by atoms with Gasteiger partial charge in [-0.1, -0.05) is 53.7 Å². The zero-order valence-electron chi connectivity index (χ0n) is 16.3. The Morgan fingerprint density at radius 1 is 1.12 bits per heavy atom. The average Bonchev–Trinajstić information content (AvgIpc) is 2.46. The molecule has 0 aliphatic carbocycles. The Balaban J connectivity index is 0.000000441. The standard InChI is InChI=1S/C10H21OP.C9H13NO2/c1-9(2,3)7-8(12-11)10(4,5)6;1-2-11-7-12-9-6-4-3-5-8(9)10/h8H,7H2,1-6H3;3-6H,2,7,10H2,1H3. The average molecular weight is 355 g/mol. The molecule has 1 aromatic carbocycles. The molecular weight excluding hydrogens is 321 g/mol. The lowest BCUT2D eigenvalue weighted by atomic mass is 9.81. The molecule has 0 saturated heterocycles. The quantitative estimate of drug-likeness (QED) is 0.304. The van der Waals surface area contributed by atoms with Crippen molar-refractivity contribution in [3.8, 4) is 5.75 Å². The number of para-hydroxylation sites is 2. The third kappa shape index (κ3) is 10.6. The van der Waals surface area contributed by atoms with Crippen LogP contribution in [-0.2, 0) is 9.30 Å². The Morgan fingerprint density at radius 2 is 1.71 bits per heavy atom. The molecule has 0 saturated carbocycles. The molecule has 0 radical (unpaired) electrons. The molecule has 1 atom stereocenters. The van der Waals surface area contributed by atoms with Crippen LogP contribution in [-0.4, -0.2) is 19.1 Å². The van der Waals surface area contributed by atoms with Crippen LogP contribution < -0.4 is 10.5 Å². The van der Waals surface area contributed by atoms with E-state index < -0.39 is 0 Å². The predicted octanol–water partition coefficient (Wildman–Crippen LogP) is 5.77. The number of hydrogen-bond acceptors (Lipinski definition) is 4. The van der Waals surface area contributed by atoms with Crippen molar-refractivity contribution < 1.29 is 14.0 Å². The molecule has 0 amide bonds. The normalized spacial score (nSPS) is 13.1. The van der Waals surface area contributed by atoms with Crippen LogP contribution in [0.3, 0.4) is 0 Å². The summed E-state index contributed by atoms with van der Waals surface area (Å²) in [7, 11) is 0.289. The molecule has 0 bridgehead atoms. The monoisotopic (exact) mass is 355 g/mol. The first-order valence-electron chi connectivity index (χ1n) is 8.38. The van der Waals surface area contributed by atoms with Crippen LogP contribution in [0.5, 0.6) is 5.75 Å². The maximum atomic E-state index is 10.9. The largest absolute Gasteiger partial charge is 0.465 e. The highest BCUT2D eigenvalue weighted by atomic mass is 31.1. The van der Waals surface area contributed by atoms with Gasteiger partial charge in [0, 0.05) is 12.3 Å². The first kappa shape index (κ1) is 22.9. The van der Waals surface area contributed by atoms with E-state index in [1.54, 1.807) is 6.07 Å². The summed E-state index contributed by atoms with van der Waals surface area (Å²) in [4.78, 5) is 0. The van der Waals surface area contributed by atoms with Crippen molar-refractivity contribution >= 4 is 14.1 Å². The third-order valence-corrected chi connectivity index (χ3v) is 4.57. The van der Waals surface area contributed by atoms with E-state index in [-0.39, 0.29) is 31.7 Å². The number of hydrogen-bond donors (Lipinski definition) is 1. The van der Waals surface area contributed by atoms with Crippen LogP contribution in [0.15, 0.2) is 24.3 Å². The summed E-state index contributed by atoms with van der Waals surface area (Å²) in [6, 6.07) is 7.34. The fourth-order valence-electron chi connectivity index (χ4n) is 1.88. The first-order chi connectivity index (χ1) is 11.0. The Bertz CT molecular complexity index is 478.